The van der Waals surface area contributed by atoms with Crippen LogP contribution in [0, 0.1) is 11.3 Å². The molecule has 3 heterocycles. The second-order valence-electron chi connectivity index (χ2n) is 8.49. The molecule has 0 aliphatic carbocycles. The van der Waals surface area contributed by atoms with Crippen LogP contribution in [0.1, 0.15) is 14.8 Å². The van der Waals surface area contributed by atoms with Crippen LogP contribution in [0.4, 0.5) is 0 Å². The van der Waals surface area contributed by atoms with Crippen molar-refractivity contribution in [1.29, 1.82) is 5.26 Å². The van der Waals surface area contributed by atoms with Gasteiger partial charge in [-0.2, -0.15) is 5.26 Å². The minimum atomic E-state index is -0.537. The average Bonchev–Trinajstić information content (AvgIpc) is 3.00. The Balaban J connectivity index is 0.000000319. The fourth-order valence-electron chi connectivity index (χ4n) is 4.01. The Morgan fingerprint density at radius 2 is 2.03 bits per heavy atom. The van der Waals surface area contributed by atoms with E-state index < -0.39 is 6.04 Å². The summed E-state index contributed by atoms with van der Waals surface area (Å²) in [6.45, 7) is 4.44. The molecule has 2 aromatic carbocycles. The van der Waals surface area contributed by atoms with Crippen molar-refractivity contribution < 1.29 is 21.5 Å². The van der Waals surface area contributed by atoms with Gasteiger partial charge in [0.15, 0.2) is 5.58 Å². The monoisotopic (exact) mass is 468 g/mol. The molecule has 2 aliphatic heterocycles. The molecule has 2 N–H and O–H groups in total. The van der Waals surface area contributed by atoms with Crippen molar-refractivity contribution in [2.24, 2.45) is 7.05 Å². The Hall–Kier alpha value is -3.45. The van der Waals surface area contributed by atoms with Crippen LogP contribution in [0.5, 0.6) is 0 Å². The molecule has 2 atom stereocenters. The van der Waals surface area contributed by atoms with E-state index in [1.807, 2.05) is 42.5 Å². The minimum Gasteiger partial charge on any atom is -0.408 e. The summed E-state index contributed by atoms with van der Waals surface area (Å²) in [5, 5.41) is 14.7. The minimum absolute atomic E-state index is 0. The number of benzene rings is 2. The summed E-state index contributed by atoms with van der Waals surface area (Å²) in [5.41, 5.74) is 4.26. The highest BCUT2D eigenvalue weighted by Crippen LogP contribution is 2.27. The first-order valence-corrected chi connectivity index (χ1v) is 11.2. The molecule has 1 unspecified atom stereocenters. The number of carbonyl (C=O) groups is 1. The smallest absolute Gasteiger partial charge is 0.408 e. The lowest BCUT2D eigenvalue weighted by Gasteiger charge is -2.40. The second-order valence-corrected chi connectivity index (χ2v) is 8.49. The van der Waals surface area contributed by atoms with Gasteiger partial charge in [-0.1, -0.05) is 30.3 Å². The number of carbonyl (C=O) groups excluding carboxylic acids is 1. The maximum absolute atomic E-state index is 11.6. The van der Waals surface area contributed by atoms with E-state index in [-0.39, 0.29) is 14.2 Å². The average molecular weight is 469 g/mol. The van der Waals surface area contributed by atoms with Gasteiger partial charge >= 0.3 is 5.76 Å². The van der Waals surface area contributed by atoms with E-state index in [4.69, 9.17) is 19.2 Å². The molecule has 9 nitrogen and oxygen atoms in total. The molecule has 2 fully saturated rings. The van der Waals surface area contributed by atoms with Gasteiger partial charge in [0.25, 0.3) is 0 Å². The molecular formula is C25H32N4O5. The summed E-state index contributed by atoms with van der Waals surface area (Å²) in [7, 11) is 1.67. The SMILES string of the molecule is C1COC[C@@]2(CCO2)CN1.Cn1c(=O)oc2ccc(-c3ccc(CC(C#N)NC=O)cc3)cc21.[HH].[HH]. The van der Waals surface area contributed by atoms with E-state index in [0.29, 0.717) is 18.4 Å². The second kappa shape index (κ2) is 10.7. The molecule has 0 saturated carbocycles. The molecule has 2 saturated heterocycles. The van der Waals surface area contributed by atoms with Gasteiger partial charge in [-0.15, -0.1) is 0 Å². The van der Waals surface area contributed by atoms with Crippen LogP contribution in [-0.2, 0) is 27.7 Å². The van der Waals surface area contributed by atoms with Crippen LogP contribution in [0.2, 0.25) is 0 Å². The molecule has 3 aromatic rings. The lowest BCUT2D eigenvalue weighted by molar-refractivity contribution is -0.169. The Kier molecular flexibility index (Phi) is 7.43. The van der Waals surface area contributed by atoms with Crippen LogP contribution in [0.15, 0.2) is 51.7 Å². The molecule has 1 aromatic heterocycles. The predicted octanol–water partition coefficient (Wildman–Crippen LogP) is 2.24. The molecule has 9 heteroatoms. The predicted molar refractivity (Wildman–Crippen MR) is 130 cm³/mol. The third-order valence-electron chi connectivity index (χ3n) is 6.14. The van der Waals surface area contributed by atoms with Crippen molar-refractivity contribution in [3.8, 4) is 17.2 Å². The zero-order valence-electron chi connectivity index (χ0n) is 19.1. The van der Waals surface area contributed by atoms with Crippen molar-refractivity contribution in [2.45, 2.75) is 24.5 Å². The highest BCUT2D eigenvalue weighted by atomic mass is 16.6. The highest BCUT2D eigenvalue weighted by Gasteiger charge is 2.39. The van der Waals surface area contributed by atoms with Crippen LogP contribution in [-0.4, -0.2) is 55.5 Å². The summed E-state index contributed by atoms with van der Waals surface area (Å²) < 4.78 is 17.4. The van der Waals surface area contributed by atoms with E-state index in [2.05, 4.69) is 10.6 Å². The molecule has 0 radical (unpaired) electrons. The van der Waals surface area contributed by atoms with Crippen LogP contribution >= 0.6 is 0 Å². The lowest BCUT2D eigenvalue weighted by Crippen LogP contribution is -2.53. The van der Waals surface area contributed by atoms with Crippen LogP contribution < -0.4 is 16.4 Å². The van der Waals surface area contributed by atoms with Crippen molar-refractivity contribution in [1.82, 2.24) is 15.2 Å². The van der Waals surface area contributed by atoms with Crippen LogP contribution in [0.3, 0.4) is 0 Å². The number of rotatable bonds is 5. The first-order valence-electron chi connectivity index (χ1n) is 11.2. The Labute approximate surface area is 200 Å². The number of ether oxygens (including phenoxy) is 2. The standard InChI is InChI=1S/C18H15N3O3.C7H13NO2.2H2/c1-21-16-9-14(6-7-17(16)24-18(21)23)13-4-2-12(3-5-13)8-15(10-19)20-11-22;1-3-10-7(1)5-8-2-4-9-6-7;;/h2-7,9,11,15H,8H2,1H3,(H,20,22);8H,1-6H2;2*1H/t;7-;;/m.1../s1. The van der Waals surface area contributed by atoms with Gasteiger partial charge in [-0.25, -0.2) is 4.79 Å². The van der Waals surface area contributed by atoms with Crippen molar-refractivity contribution in [2.75, 3.05) is 32.9 Å². The number of hydrogen-bond acceptors (Lipinski definition) is 7. The molecule has 1 amide bonds. The van der Waals surface area contributed by atoms with Gasteiger partial charge < -0.3 is 24.5 Å². The van der Waals surface area contributed by atoms with E-state index >= 15 is 0 Å². The number of nitrogens with zero attached hydrogens (tertiary/aromatic N) is 2. The summed E-state index contributed by atoms with van der Waals surface area (Å²) >= 11 is 0. The first-order chi connectivity index (χ1) is 16.5. The van der Waals surface area contributed by atoms with Crippen molar-refractivity contribution in [3.63, 3.8) is 0 Å². The third kappa shape index (κ3) is 5.37. The Morgan fingerprint density at radius 1 is 1.26 bits per heavy atom. The fraction of sp³-hybridized carbons (Fsp3) is 0.400. The molecule has 34 heavy (non-hydrogen) atoms. The van der Waals surface area contributed by atoms with Crippen molar-refractivity contribution in [3.05, 3.63) is 58.6 Å². The fourth-order valence-corrected chi connectivity index (χ4v) is 4.01. The van der Waals surface area contributed by atoms with Crippen molar-refractivity contribution >= 4 is 17.5 Å². The number of aromatic nitrogens is 1. The number of oxazole rings is 1. The maximum Gasteiger partial charge on any atom is 0.419 e. The normalized spacial score (nSPS) is 20.4. The maximum atomic E-state index is 11.6. The molecule has 2 aliphatic rings. The summed E-state index contributed by atoms with van der Waals surface area (Å²) in [6, 6.07) is 14.8. The number of hydrogen-bond donors (Lipinski definition) is 2. The van der Waals surface area contributed by atoms with Gasteiger partial charge in [-0.3, -0.25) is 9.36 Å². The Morgan fingerprint density at radius 3 is 2.71 bits per heavy atom. The topological polar surface area (TPSA) is 119 Å². The molecular weight excluding hydrogens is 436 g/mol. The number of nitrogens with one attached hydrogen (secondary N) is 2. The molecule has 0 bridgehead atoms. The van der Waals surface area contributed by atoms with Gasteiger partial charge in [0.2, 0.25) is 6.41 Å². The zero-order chi connectivity index (χ0) is 24.0. The molecule has 182 valence electrons. The van der Waals surface area contributed by atoms with Gasteiger partial charge in [-0.05, 0) is 28.8 Å². The largest absolute Gasteiger partial charge is 0.419 e. The summed E-state index contributed by atoms with van der Waals surface area (Å²) in [4.78, 5) is 22.0. The lowest BCUT2D eigenvalue weighted by atomic mass is 9.96. The van der Waals surface area contributed by atoms with Crippen LogP contribution in [0.25, 0.3) is 22.2 Å². The first kappa shape index (κ1) is 23.7. The molecule has 5 rings (SSSR count). The summed E-state index contributed by atoms with van der Waals surface area (Å²) in [5.74, 6) is -0.386. The molecule has 1 spiro atoms. The number of fused-ring (bicyclic) bond motifs is 1. The third-order valence-corrected chi connectivity index (χ3v) is 6.14. The van der Waals surface area contributed by atoms with E-state index in [1.165, 1.54) is 4.57 Å². The zero-order valence-corrected chi connectivity index (χ0v) is 19.1. The highest BCUT2D eigenvalue weighted by molar-refractivity contribution is 5.80. The Bertz CT molecular complexity index is 1220. The summed E-state index contributed by atoms with van der Waals surface area (Å²) in [6.07, 6.45) is 2.14. The number of aryl methyl sites for hydroxylation is 1. The number of nitriles is 1. The van der Waals surface area contributed by atoms with Gasteiger partial charge in [0, 0.05) is 35.8 Å². The number of amides is 1. The van der Waals surface area contributed by atoms with E-state index in [0.717, 1.165) is 61.5 Å². The van der Waals surface area contributed by atoms with E-state index in [1.54, 1.807) is 13.1 Å². The quantitative estimate of drug-likeness (QED) is 0.551. The van der Waals surface area contributed by atoms with Gasteiger partial charge in [0.1, 0.15) is 11.6 Å². The van der Waals surface area contributed by atoms with Gasteiger partial charge in [0.05, 0.1) is 31.4 Å². The van der Waals surface area contributed by atoms with E-state index in [9.17, 15) is 9.59 Å².